The highest BCUT2D eigenvalue weighted by atomic mass is 28.2. The Morgan fingerprint density at radius 3 is 1.85 bits per heavy atom. The molecule has 7 nitrogen and oxygen atoms in total. The summed E-state index contributed by atoms with van der Waals surface area (Å²) in [4.78, 5) is 24.0. The fourth-order valence-electron chi connectivity index (χ4n) is 3.17. The van der Waals surface area contributed by atoms with Crippen molar-refractivity contribution in [2.75, 3.05) is 0 Å². The van der Waals surface area contributed by atoms with Gasteiger partial charge in [-0.15, -0.1) is 0 Å². The number of carbonyl (C=O) groups excluding carboxylic acids is 1. The fraction of sp³-hybridized carbons (Fsp3) is 0.889. The summed E-state index contributed by atoms with van der Waals surface area (Å²) >= 11 is 0. The molecule has 0 saturated heterocycles. The van der Waals surface area contributed by atoms with Crippen LogP contribution in [0.3, 0.4) is 0 Å². The van der Waals surface area contributed by atoms with E-state index in [1.165, 1.54) is 0 Å². The third-order valence-electron chi connectivity index (χ3n) is 4.43. The van der Waals surface area contributed by atoms with Crippen molar-refractivity contribution in [3.63, 3.8) is 0 Å². The maximum absolute atomic E-state index is 12.4. The van der Waals surface area contributed by atoms with Crippen molar-refractivity contribution in [3.8, 4) is 0 Å². The Morgan fingerprint density at radius 1 is 1.04 bits per heavy atom. The van der Waals surface area contributed by atoms with Crippen LogP contribution >= 0.6 is 0 Å². The van der Waals surface area contributed by atoms with E-state index in [0.717, 1.165) is 0 Å². The largest absolute Gasteiger partial charge is 0.481 e. The third-order valence-corrected chi connectivity index (χ3v) is 5.70. The second kappa shape index (κ2) is 11.2. The molecule has 1 amide bonds. The zero-order valence-electron chi connectivity index (χ0n) is 18.4. The number of nitrogens with one attached hydrogen (secondary N) is 1. The zero-order valence-corrected chi connectivity index (χ0v) is 21.2. The van der Waals surface area contributed by atoms with E-state index in [4.69, 9.17) is 13.6 Å². The van der Waals surface area contributed by atoms with Crippen LogP contribution in [-0.2, 0) is 18.4 Å². The number of carbonyl (C=O) groups is 2. The Labute approximate surface area is 168 Å². The predicted octanol–water partition coefficient (Wildman–Crippen LogP) is 2.28. The molecule has 27 heavy (non-hydrogen) atoms. The van der Waals surface area contributed by atoms with Gasteiger partial charge in [-0.2, -0.15) is 0 Å². The van der Waals surface area contributed by atoms with E-state index in [1.807, 2.05) is 40.8 Å². The molecular formula is C18H39NO6Si2. The van der Waals surface area contributed by atoms with Gasteiger partial charge < -0.3 is 24.0 Å². The molecule has 0 aliphatic rings. The smallest absolute Gasteiger partial charge is 0.407 e. The van der Waals surface area contributed by atoms with Crippen molar-refractivity contribution in [2.24, 2.45) is 17.3 Å². The quantitative estimate of drug-likeness (QED) is 0.393. The van der Waals surface area contributed by atoms with Crippen molar-refractivity contribution in [1.29, 1.82) is 0 Å². The lowest BCUT2D eigenvalue weighted by molar-refractivity contribution is -0.146. The molecule has 0 aromatic carbocycles. The first kappa shape index (κ1) is 26.1. The number of rotatable bonds is 11. The number of amides is 1. The molecule has 2 atom stereocenters. The molecule has 0 rings (SSSR count). The van der Waals surface area contributed by atoms with Gasteiger partial charge in [0.1, 0.15) is 11.9 Å². The van der Waals surface area contributed by atoms with Crippen LogP contribution in [0.2, 0.25) is 13.1 Å². The van der Waals surface area contributed by atoms with Crippen LogP contribution in [0, 0.1) is 17.3 Å². The lowest BCUT2D eigenvalue weighted by Crippen LogP contribution is -2.54. The third kappa shape index (κ3) is 9.22. The van der Waals surface area contributed by atoms with E-state index in [-0.39, 0.29) is 18.3 Å². The molecule has 0 bridgehead atoms. The highest BCUT2D eigenvalue weighted by Gasteiger charge is 2.45. The molecule has 2 N–H and O–H groups in total. The fourth-order valence-corrected chi connectivity index (χ4v) is 5.02. The van der Waals surface area contributed by atoms with Crippen LogP contribution in [0.4, 0.5) is 4.79 Å². The van der Waals surface area contributed by atoms with Gasteiger partial charge in [0.25, 0.3) is 0 Å². The number of carboxylic acid groups (broad SMARTS) is 1. The molecule has 0 saturated carbocycles. The van der Waals surface area contributed by atoms with Crippen molar-refractivity contribution >= 4 is 31.6 Å². The van der Waals surface area contributed by atoms with Gasteiger partial charge in [0.05, 0.1) is 6.42 Å². The number of alkyl carbamates (subject to hydrolysis) is 1. The van der Waals surface area contributed by atoms with Gasteiger partial charge in [0.15, 0.2) is 19.5 Å². The van der Waals surface area contributed by atoms with E-state index >= 15 is 0 Å². The minimum Gasteiger partial charge on any atom is -0.481 e. The lowest BCUT2D eigenvalue weighted by Gasteiger charge is -2.45. The molecule has 0 aliphatic carbocycles. The Bertz CT molecular complexity index is 473. The first-order chi connectivity index (χ1) is 12.3. The number of ether oxygens (including phenoxy) is 1. The number of aliphatic carboxylic acids is 1. The highest BCUT2D eigenvalue weighted by molar-refractivity contribution is 6.26. The van der Waals surface area contributed by atoms with Gasteiger partial charge in [-0.3, -0.25) is 4.79 Å². The van der Waals surface area contributed by atoms with Gasteiger partial charge in [0, 0.05) is 11.5 Å². The maximum atomic E-state index is 12.4. The van der Waals surface area contributed by atoms with Gasteiger partial charge in [-0.05, 0) is 32.6 Å². The van der Waals surface area contributed by atoms with E-state index in [2.05, 4.69) is 5.32 Å². The van der Waals surface area contributed by atoms with Crippen molar-refractivity contribution in [3.05, 3.63) is 0 Å². The number of carboxylic acids is 1. The molecule has 0 spiro atoms. The molecule has 0 unspecified atom stereocenters. The first-order valence-electron chi connectivity index (χ1n) is 9.70. The molecule has 0 aromatic heterocycles. The van der Waals surface area contributed by atoms with Crippen LogP contribution in [0.5, 0.6) is 0 Å². The summed E-state index contributed by atoms with van der Waals surface area (Å²) in [6.45, 7) is 17.3. The minimum atomic E-state index is -0.911. The summed E-state index contributed by atoms with van der Waals surface area (Å²) < 4.78 is 17.3. The number of hydrogen-bond donors (Lipinski definition) is 2. The van der Waals surface area contributed by atoms with Crippen LogP contribution in [0.25, 0.3) is 0 Å². The SMILES string of the molecule is C[SiH2]OC(O[SiH2]C)C(C)(C)[C@H](CC(=O)O)[C@H](NC(=O)OC(C)(C)C)C(C)C. The Balaban J connectivity index is 5.79. The summed E-state index contributed by atoms with van der Waals surface area (Å²) in [6, 6.07) is -0.391. The lowest BCUT2D eigenvalue weighted by atomic mass is 9.69. The Kier molecular flexibility index (Phi) is 10.8. The topological polar surface area (TPSA) is 94.1 Å². The van der Waals surface area contributed by atoms with Gasteiger partial charge in [0.2, 0.25) is 0 Å². The first-order valence-corrected chi connectivity index (χ1v) is 13.7. The van der Waals surface area contributed by atoms with E-state index in [0.29, 0.717) is 0 Å². The second-order valence-electron chi connectivity index (χ2n) is 8.68. The molecule has 0 radical (unpaired) electrons. The van der Waals surface area contributed by atoms with Crippen molar-refractivity contribution in [1.82, 2.24) is 5.32 Å². The Morgan fingerprint density at radius 2 is 1.52 bits per heavy atom. The monoisotopic (exact) mass is 421 g/mol. The molecule has 160 valence electrons. The van der Waals surface area contributed by atoms with Crippen molar-refractivity contribution in [2.45, 2.75) is 85.9 Å². The normalized spacial score (nSPS) is 16.8. The second-order valence-corrected chi connectivity index (χ2v) is 10.5. The predicted molar refractivity (Wildman–Crippen MR) is 112 cm³/mol. The average Bonchev–Trinajstić information content (AvgIpc) is 2.48. The van der Waals surface area contributed by atoms with Crippen LogP contribution in [-0.4, -0.2) is 54.6 Å². The van der Waals surface area contributed by atoms with Crippen LogP contribution in [0.1, 0.15) is 54.9 Å². The maximum Gasteiger partial charge on any atom is 0.407 e. The Hall–Kier alpha value is -0.906. The minimum absolute atomic E-state index is 0.0135. The highest BCUT2D eigenvalue weighted by Crippen LogP contribution is 2.39. The molecule has 0 aromatic rings. The van der Waals surface area contributed by atoms with Crippen molar-refractivity contribution < 1.29 is 28.3 Å². The number of hydrogen-bond acceptors (Lipinski definition) is 5. The summed E-state index contributed by atoms with van der Waals surface area (Å²) in [5.41, 5.74) is -1.21. The molecule has 0 aliphatic heterocycles. The van der Waals surface area contributed by atoms with Crippen LogP contribution < -0.4 is 5.32 Å². The van der Waals surface area contributed by atoms with E-state index < -0.39 is 54.9 Å². The standard InChI is InChI=1S/C18H39NO6Si2/c1-11(2)14(19-16(22)23-17(3,4)5)12(10-13(20)21)18(6,7)15(24-26-8)25-27-9/h11-12,14-15H,10,26-27H2,1-9H3,(H,19,22)(H,20,21)/t12-,14-/m1/s1. The summed E-state index contributed by atoms with van der Waals surface area (Å²) in [7, 11) is -1.49. The van der Waals surface area contributed by atoms with Gasteiger partial charge in [-0.1, -0.05) is 40.8 Å². The van der Waals surface area contributed by atoms with Gasteiger partial charge >= 0.3 is 12.1 Å². The molecule has 9 heteroatoms. The molecule has 0 fully saturated rings. The summed E-state index contributed by atoms with van der Waals surface area (Å²) in [5, 5.41) is 12.4. The summed E-state index contributed by atoms with van der Waals surface area (Å²) in [5.74, 6) is -1.28. The van der Waals surface area contributed by atoms with Crippen LogP contribution in [0.15, 0.2) is 0 Å². The average molecular weight is 422 g/mol. The summed E-state index contributed by atoms with van der Waals surface area (Å²) in [6.07, 6.45) is -1.09. The van der Waals surface area contributed by atoms with Gasteiger partial charge in [-0.25, -0.2) is 4.79 Å². The van der Waals surface area contributed by atoms with E-state index in [9.17, 15) is 14.7 Å². The zero-order chi connectivity index (χ0) is 21.4. The molecular weight excluding hydrogens is 382 g/mol. The molecule has 0 heterocycles. The van der Waals surface area contributed by atoms with E-state index in [1.54, 1.807) is 20.8 Å².